The molecule has 6 nitrogen and oxygen atoms in total. The maximum atomic E-state index is 12.7. The molecule has 0 radical (unpaired) electrons. The van der Waals surface area contributed by atoms with Crippen molar-refractivity contribution in [1.82, 2.24) is 5.32 Å². The molecule has 0 saturated carbocycles. The first-order valence-corrected chi connectivity index (χ1v) is 8.16. The van der Waals surface area contributed by atoms with Crippen molar-refractivity contribution in [3.8, 4) is 0 Å². The SMILES string of the molecule is C[C@H](NC(=O)c1ccccc1)C(=O)OCC(=O)Nc1cccc(C(F)(F)F)c1. The number of amides is 2. The first kappa shape index (κ1) is 20.9. The Balaban J connectivity index is 1.83. The molecule has 0 bridgehead atoms. The van der Waals surface area contributed by atoms with E-state index in [1.807, 2.05) is 0 Å². The Morgan fingerprint density at radius 3 is 2.36 bits per heavy atom. The lowest BCUT2D eigenvalue weighted by atomic mass is 10.2. The van der Waals surface area contributed by atoms with Gasteiger partial charge in [-0.3, -0.25) is 9.59 Å². The normalized spacial score (nSPS) is 12.0. The molecular formula is C19H17F3N2O4. The van der Waals surface area contributed by atoms with E-state index >= 15 is 0 Å². The molecule has 0 spiro atoms. The van der Waals surface area contributed by atoms with Gasteiger partial charge in [0, 0.05) is 11.3 Å². The summed E-state index contributed by atoms with van der Waals surface area (Å²) in [6.07, 6.45) is -4.54. The second-order valence-corrected chi connectivity index (χ2v) is 5.80. The summed E-state index contributed by atoms with van der Waals surface area (Å²) in [5.41, 5.74) is -0.648. The molecule has 0 aliphatic heterocycles. The van der Waals surface area contributed by atoms with Crippen molar-refractivity contribution in [2.75, 3.05) is 11.9 Å². The van der Waals surface area contributed by atoms with Gasteiger partial charge in [0.15, 0.2) is 6.61 Å². The van der Waals surface area contributed by atoms with Crippen molar-refractivity contribution in [2.24, 2.45) is 0 Å². The summed E-state index contributed by atoms with van der Waals surface area (Å²) >= 11 is 0. The van der Waals surface area contributed by atoms with E-state index < -0.39 is 42.2 Å². The quantitative estimate of drug-likeness (QED) is 0.738. The highest BCUT2D eigenvalue weighted by molar-refractivity contribution is 5.97. The van der Waals surface area contributed by atoms with Gasteiger partial charge in [0.2, 0.25) is 0 Å². The summed E-state index contributed by atoms with van der Waals surface area (Å²) in [5.74, 6) is -2.16. The highest BCUT2D eigenvalue weighted by Crippen LogP contribution is 2.30. The predicted octanol–water partition coefficient (Wildman–Crippen LogP) is 3.01. The highest BCUT2D eigenvalue weighted by atomic mass is 19.4. The van der Waals surface area contributed by atoms with Gasteiger partial charge in [-0.2, -0.15) is 13.2 Å². The molecule has 0 aliphatic rings. The lowest BCUT2D eigenvalue weighted by Gasteiger charge is -2.14. The molecule has 2 amide bonds. The molecule has 0 aliphatic carbocycles. The highest BCUT2D eigenvalue weighted by Gasteiger charge is 2.30. The molecule has 148 valence electrons. The molecule has 0 heterocycles. The zero-order valence-electron chi connectivity index (χ0n) is 14.7. The fourth-order valence-electron chi connectivity index (χ4n) is 2.16. The lowest BCUT2D eigenvalue weighted by Crippen LogP contribution is -2.40. The van der Waals surface area contributed by atoms with Crippen LogP contribution in [0.3, 0.4) is 0 Å². The average molecular weight is 394 g/mol. The molecule has 1 atom stereocenters. The van der Waals surface area contributed by atoms with Crippen molar-refractivity contribution in [3.05, 3.63) is 65.7 Å². The summed E-state index contributed by atoms with van der Waals surface area (Å²) in [7, 11) is 0. The number of carbonyl (C=O) groups excluding carboxylic acids is 3. The molecule has 2 aromatic carbocycles. The maximum absolute atomic E-state index is 12.7. The molecule has 0 unspecified atom stereocenters. The molecule has 0 fully saturated rings. The maximum Gasteiger partial charge on any atom is 0.416 e. The van der Waals surface area contributed by atoms with Crippen molar-refractivity contribution < 1.29 is 32.3 Å². The van der Waals surface area contributed by atoms with Crippen LogP contribution in [0.5, 0.6) is 0 Å². The number of halogens is 3. The average Bonchev–Trinajstić information content (AvgIpc) is 2.66. The Morgan fingerprint density at radius 1 is 1.04 bits per heavy atom. The van der Waals surface area contributed by atoms with Crippen molar-refractivity contribution in [2.45, 2.75) is 19.1 Å². The molecule has 2 N–H and O–H groups in total. The number of alkyl halides is 3. The van der Waals surface area contributed by atoms with Crippen LogP contribution < -0.4 is 10.6 Å². The van der Waals surface area contributed by atoms with Crippen LogP contribution in [-0.4, -0.2) is 30.4 Å². The summed E-state index contributed by atoms with van der Waals surface area (Å²) in [5, 5.41) is 4.64. The predicted molar refractivity (Wildman–Crippen MR) is 94.4 cm³/mol. The summed E-state index contributed by atoms with van der Waals surface area (Å²) < 4.78 is 42.8. The first-order chi connectivity index (χ1) is 13.2. The zero-order chi connectivity index (χ0) is 20.7. The first-order valence-electron chi connectivity index (χ1n) is 8.16. The minimum atomic E-state index is -4.54. The number of hydrogen-bond donors (Lipinski definition) is 2. The number of rotatable bonds is 6. The van der Waals surface area contributed by atoms with Crippen LogP contribution in [0.4, 0.5) is 18.9 Å². The number of ether oxygens (including phenoxy) is 1. The summed E-state index contributed by atoms with van der Waals surface area (Å²) in [6.45, 7) is 0.675. The van der Waals surface area contributed by atoms with Crippen LogP contribution in [0.2, 0.25) is 0 Å². The van der Waals surface area contributed by atoms with Crippen molar-refractivity contribution in [1.29, 1.82) is 0 Å². The zero-order valence-corrected chi connectivity index (χ0v) is 14.7. The monoisotopic (exact) mass is 394 g/mol. The van der Waals surface area contributed by atoms with Gasteiger partial charge >= 0.3 is 12.1 Å². The standard InChI is InChI=1S/C19H17F3N2O4/c1-12(23-17(26)13-6-3-2-4-7-13)18(27)28-11-16(25)24-15-9-5-8-14(10-15)19(20,21)22/h2-10,12H,11H2,1H3,(H,23,26)(H,24,25)/t12-/m0/s1. The molecule has 28 heavy (non-hydrogen) atoms. The molecular weight excluding hydrogens is 377 g/mol. The van der Waals surface area contributed by atoms with Crippen LogP contribution in [0, 0.1) is 0 Å². The summed E-state index contributed by atoms with van der Waals surface area (Å²) in [4.78, 5) is 35.6. The van der Waals surface area contributed by atoms with Crippen LogP contribution in [0.15, 0.2) is 54.6 Å². The van der Waals surface area contributed by atoms with Gasteiger partial charge in [-0.05, 0) is 37.3 Å². The lowest BCUT2D eigenvalue weighted by molar-refractivity contribution is -0.148. The van der Waals surface area contributed by atoms with Gasteiger partial charge in [0.1, 0.15) is 6.04 Å². The molecule has 0 saturated heterocycles. The number of carbonyl (C=O) groups is 3. The van der Waals surface area contributed by atoms with E-state index in [4.69, 9.17) is 4.74 Å². The Hall–Kier alpha value is -3.36. The number of hydrogen-bond acceptors (Lipinski definition) is 4. The van der Waals surface area contributed by atoms with E-state index in [0.717, 1.165) is 18.2 Å². The number of esters is 1. The number of nitrogens with one attached hydrogen (secondary N) is 2. The molecule has 9 heteroatoms. The van der Waals surface area contributed by atoms with E-state index in [-0.39, 0.29) is 5.69 Å². The topological polar surface area (TPSA) is 84.5 Å². The van der Waals surface area contributed by atoms with Gasteiger partial charge in [-0.15, -0.1) is 0 Å². The van der Waals surface area contributed by atoms with Crippen LogP contribution >= 0.6 is 0 Å². The third-order valence-electron chi connectivity index (χ3n) is 3.56. The van der Waals surface area contributed by atoms with Gasteiger partial charge in [-0.25, -0.2) is 4.79 Å². The largest absolute Gasteiger partial charge is 0.454 e. The molecule has 2 rings (SSSR count). The van der Waals surface area contributed by atoms with Gasteiger partial charge in [0.05, 0.1) is 5.56 Å². The Kier molecular flexibility index (Phi) is 6.75. The minimum Gasteiger partial charge on any atom is -0.454 e. The van der Waals surface area contributed by atoms with E-state index in [9.17, 15) is 27.6 Å². The fourth-order valence-corrected chi connectivity index (χ4v) is 2.16. The van der Waals surface area contributed by atoms with Gasteiger partial charge in [0.25, 0.3) is 11.8 Å². The smallest absolute Gasteiger partial charge is 0.416 e. The molecule has 2 aromatic rings. The second-order valence-electron chi connectivity index (χ2n) is 5.80. The van der Waals surface area contributed by atoms with Crippen molar-refractivity contribution in [3.63, 3.8) is 0 Å². The molecule has 0 aromatic heterocycles. The number of anilines is 1. The second kappa shape index (κ2) is 9.03. The van der Waals surface area contributed by atoms with E-state index in [1.54, 1.807) is 30.3 Å². The van der Waals surface area contributed by atoms with Gasteiger partial charge in [-0.1, -0.05) is 24.3 Å². The van der Waals surface area contributed by atoms with Crippen molar-refractivity contribution >= 4 is 23.5 Å². The Labute approximate surface area is 158 Å². The third kappa shape index (κ3) is 6.11. The fraction of sp³-hybridized carbons (Fsp3) is 0.211. The van der Waals surface area contributed by atoms with E-state index in [1.165, 1.54) is 13.0 Å². The third-order valence-corrected chi connectivity index (χ3v) is 3.56. The van der Waals surface area contributed by atoms with E-state index in [0.29, 0.717) is 5.56 Å². The van der Waals surface area contributed by atoms with Crippen LogP contribution in [-0.2, 0) is 20.5 Å². The Morgan fingerprint density at radius 2 is 1.71 bits per heavy atom. The van der Waals surface area contributed by atoms with Crippen LogP contribution in [0.25, 0.3) is 0 Å². The van der Waals surface area contributed by atoms with E-state index in [2.05, 4.69) is 10.6 Å². The minimum absolute atomic E-state index is 0.0821. The van der Waals surface area contributed by atoms with Gasteiger partial charge < -0.3 is 15.4 Å². The number of benzene rings is 2. The summed E-state index contributed by atoms with van der Waals surface area (Å²) in [6, 6.07) is 11.2. The Bertz CT molecular complexity index is 854. The van der Waals surface area contributed by atoms with Crippen LogP contribution in [0.1, 0.15) is 22.8 Å².